The molecule has 0 aliphatic heterocycles. The van der Waals surface area contributed by atoms with Crippen molar-refractivity contribution in [2.45, 2.75) is 64.7 Å². The van der Waals surface area contributed by atoms with Gasteiger partial charge in [-0.2, -0.15) is 0 Å². The summed E-state index contributed by atoms with van der Waals surface area (Å²) in [6.45, 7) is 7.20. The maximum atomic E-state index is 5.54. The van der Waals surface area contributed by atoms with Gasteiger partial charge in [-0.15, -0.1) is 0 Å². The second-order valence-electron chi connectivity index (χ2n) is 5.45. The zero-order chi connectivity index (χ0) is 15.4. The highest BCUT2D eigenvalue weighted by molar-refractivity contribution is 4.46. The molecule has 0 radical (unpaired) electrons. The molecule has 0 heterocycles. The third kappa shape index (κ3) is 19.8. The Balaban J connectivity index is 2.90. The lowest BCUT2D eigenvalue weighted by Gasteiger charge is -2.06. The molecule has 0 aromatic rings. The molecule has 0 aromatic carbocycles. The first-order valence-electron chi connectivity index (χ1n) is 8.85. The maximum Gasteiger partial charge on any atom is 0.0701 e. The van der Waals surface area contributed by atoms with Crippen LogP contribution in [-0.2, 0) is 14.2 Å². The van der Waals surface area contributed by atoms with E-state index >= 15 is 0 Å². The lowest BCUT2D eigenvalue weighted by atomic mass is 10.1. The summed E-state index contributed by atoms with van der Waals surface area (Å²) in [6, 6.07) is 0. The predicted octanol–water partition coefficient (Wildman–Crippen LogP) is 3.53. The van der Waals surface area contributed by atoms with Crippen molar-refractivity contribution in [2.75, 3.05) is 46.2 Å². The second-order valence-corrected chi connectivity index (χ2v) is 5.45. The van der Waals surface area contributed by atoms with Crippen LogP contribution in [0.2, 0.25) is 0 Å². The van der Waals surface area contributed by atoms with Crippen LogP contribution in [0.15, 0.2) is 0 Å². The van der Waals surface area contributed by atoms with Crippen molar-refractivity contribution in [3.05, 3.63) is 0 Å². The lowest BCUT2D eigenvalue weighted by molar-refractivity contribution is 0.0137. The van der Waals surface area contributed by atoms with E-state index in [-0.39, 0.29) is 0 Å². The average molecular weight is 303 g/mol. The molecule has 0 aliphatic rings. The lowest BCUT2D eigenvalue weighted by Crippen LogP contribution is -2.11. The molecule has 0 saturated heterocycles. The molecule has 2 N–H and O–H groups in total. The monoisotopic (exact) mass is 303 g/mol. The Kier molecular flexibility index (Phi) is 19.7. The van der Waals surface area contributed by atoms with Crippen LogP contribution >= 0.6 is 0 Å². The van der Waals surface area contributed by atoms with Crippen LogP contribution in [0, 0.1) is 0 Å². The number of hydrogen-bond acceptors (Lipinski definition) is 4. The summed E-state index contributed by atoms with van der Waals surface area (Å²) in [7, 11) is 0. The SMILES string of the molecule is CCCCCCCCCCOCCOCCOCCCN. The zero-order valence-electron chi connectivity index (χ0n) is 14.1. The van der Waals surface area contributed by atoms with Crippen molar-refractivity contribution in [2.24, 2.45) is 5.73 Å². The number of ether oxygens (including phenoxy) is 3. The van der Waals surface area contributed by atoms with Crippen LogP contribution in [-0.4, -0.2) is 46.2 Å². The molecular weight excluding hydrogens is 266 g/mol. The molecule has 0 saturated carbocycles. The highest BCUT2D eigenvalue weighted by atomic mass is 16.5. The molecular formula is C17H37NO3. The topological polar surface area (TPSA) is 53.7 Å². The van der Waals surface area contributed by atoms with Crippen molar-refractivity contribution in [1.29, 1.82) is 0 Å². The van der Waals surface area contributed by atoms with Crippen LogP contribution in [0.5, 0.6) is 0 Å². The molecule has 4 nitrogen and oxygen atoms in total. The van der Waals surface area contributed by atoms with Gasteiger partial charge in [0.1, 0.15) is 0 Å². The minimum atomic E-state index is 0.645. The molecule has 0 fully saturated rings. The maximum absolute atomic E-state index is 5.54. The smallest absolute Gasteiger partial charge is 0.0701 e. The normalized spacial score (nSPS) is 11.1. The summed E-state index contributed by atoms with van der Waals surface area (Å²) in [5.41, 5.74) is 5.37. The fourth-order valence-corrected chi connectivity index (χ4v) is 2.07. The fourth-order valence-electron chi connectivity index (χ4n) is 2.07. The van der Waals surface area contributed by atoms with E-state index in [4.69, 9.17) is 19.9 Å². The van der Waals surface area contributed by atoms with Gasteiger partial charge in [0.2, 0.25) is 0 Å². The average Bonchev–Trinajstić information content (AvgIpc) is 2.50. The van der Waals surface area contributed by atoms with Gasteiger partial charge >= 0.3 is 0 Å². The largest absolute Gasteiger partial charge is 0.379 e. The van der Waals surface area contributed by atoms with Gasteiger partial charge in [0.15, 0.2) is 0 Å². The van der Waals surface area contributed by atoms with Crippen molar-refractivity contribution < 1.29 is 14.2 Å². The van der Waals surface area contributed by atoms with Gasteiger partial charge in [-0.1, -0.05) is 51.9 Å². The van der Waals surface area contributed by atoms with Gasteiger partial charge in [-0.05, 0) is 19.4 Å². The fraction of sp³-hybridized carbons (Fsp3) is 1.00. The van der Waals surface area contributed by atoms with Crippen molar-refractivity contribution >= 4 is 0 Å². The van der Waals surface area contributed by atoms with Gasteiger partial charge in [0.05, 0.1) is 26.4 Å². The summed E-state index contributed by atoms with van der Waals surface area (Å²) in [6.07, 6.45) is 11.6. The first-order chi connectivity index (χ1) is 10.4. The Bertz CT molecular complexity index is 161. The number of nitrogens with two attached hydrogens (primary N) is 1. The zero-order valence-corrected chi connectivity index (χ0v) is 14.1. The van der Waals surface area contributed by atoms with E-state index in [9.17, 15) is 0 Å². The molecule has 21 heavy (non-hydrogen) atoms. The van der Waals surface area contributed by atoms with Crippen molar-refractivity contribution in [3.63, 3.8) is 0 Å². The molecule has 0 unspecified atom stereocenters. The Hall–Kier alpha value is -0.160. The van der Waals surface area contributed by atoms with Crippen LogP contribution in [0.25, 0.3) is 0 Å². The van der Waals surface area contributed by atoms with E-state index < -0.39 is 0 Å². The van der Waals surface area contributed by atoms with Crippen molar-refractivity contribution in [1.82, 2.24) is 0 Å². The van der Waals surface area contributed by atoms with Crippen LogP contribution in [0.1, 0.15) is 64.7 Å². The number of unbranched alkanes of at least 4 members (excludes halogenated alkanes) is 7. The molecule has 4 heteroatoms. The van der Waals surface area contributed by atoms with Gasteiger partial charge in [0, 0.05) is 13.2 Å². The van der Waals surface area contributed by atoms with Gasteiger partial charge in [-0.25, -0.2) is 0 Å². The van der Waals surface area contributed by atoms with Crippen LogP contribution in [0.3, 0.4) is 0 Å². The summed E-state index contributed by atoms with van der Waals surface area (Å²) in [5, 5.41) is 0. The van der Waals surface area contributed by atoms with Gasteiger partial charge in [0.25, 0.3) is 0 Å². The Morgan fingerprint density at radius 3 is 1.48 bits per heavy atom. The molecule has 0 bridgehead atoms. The summed E-state index contributed by atoms with van der Waals surface area (Å²) < 4.78 is 16.3. The highest BCUT2D eigenvalue weighted by Crippen LogP contribution is 2.08. The van der Waals surface area contributed by atoms with E-state index in [0.29, 0.717) is 33.0 Å². The summed E-state index contributed by atoms with van der Waals surface area (Å²) in [4.78, 5) is 0. The molecule has 0 aliphatic carbocycles. The molecule has 0 aromatic heterocycles. The number of hydrogen-bond donors (Lipinski definition) is 1. The van der Waals surface area contributed by atoms with Crippen LogP contribution < -0.4 is 5.73 Å². The molecule has 0 rings (SSSR count). The highest BCUT2D eigenvalue weighted by Gasteiger charge is 1.93. The summed E-state index contributed by atoms with van der Waals surface area (Å²) >= 11 is 0. The quantitative estimate of drug-likeness (QED) is 0.394. The Morgan fingerprint density at radius 1 is 0.524 bits per heavy atom. The third-order valence-corrected chi connectivity index (χ3v) is 3.38. The minimum Gasteiger partial charge on any atom is -0.379 e. The van der Waals surface area contributed by atoms with E-state index in [1.807, 2.05) is 0 Å². The summed E-state index contributed by atoms with van der Waals surface area (Å²) in [5.74, 6) is 0. The Morgan fingerprint density at radius 2 is 0.952 bits per heavy atom. The predicted molar refractivity (Wildman–Crippen MR) is 88.7 cm³/mol. The number of rotatable bonds is 18. The van der Waals surface area contributed by atoms with E-state index in [2.05, 4.69) is 6.92 Å². The van der Waals surface area contributed by atoms with Gasteiger partial charge in [-0.3, -0.25) is 0 Å². The first kappa shape index (κ1) is 20.8. The first-order valence-corrected chi connectivity index (χ1v) is 8.85. The minimum absolute atomic E-state index is 0.645. The van der Waals surface area contributed by atoms with E-state index in [1.165, 1.54) is 51.4 Å². The van der Waals surface area contributed by atoms with E-state index in [0.717, 1.165) is 19.6 Å². The van der Waals surface area contributed by atoms with E-state index in [1.54, 1.807) is 0 Å². The van der Waals surface area contributed by atoms with Crippen molar-refractivity contribution in [3.8, 4) is 0 Å². The molecule has 0 atom stereocenters. The second kappa shape index (κ2) is 19.8. The molecule has 128 valence electrons. The Labute approximate surface area is 131 Å². The molecule has 0 amide bonds. The third-order valence-electron chi connectivity index (χ3n) is 3.38. The van der Waals surface area contributed by atoms with Gasteiger partial charge < -0.3 is 19.9 Å². The van der Waals surface area contributed by atoms with Crippen LogP contribution in [0.4, 0.5) is 0 Å². The standard InChI is InChI=1S/C17H37NO3/c1-2-3-4-5-6-7-8-9-12-19-14-16-21-17-15-20-13-10-11-18/h2-18H2,1H3. The molecule has 0 spiro atoms.